The third-order valence-electron chi connectivity index (χ3n) is 2.17. The largest absolute Gasteiger partial charge is 0.508 e. The fourth-order valence-corrected chi connectivity index (χ4v) is 1.51. The molecule has 0 bridgehead atoms. The maximum absolute atomic E-state index is 10.9. The zero-order chi connectivity index (χ0) is 13.1. The summed E-state index contributed by atoms with van der Waals surface area (Å²) in [7, 11) is 0. The van der Waals surface area contributed by atoms with Crippen molar-refractivity contribution >= 4 is 29.7 Å². The number of rotatable bonds is 3. The summed E-state index contributed by atoms with van der Waals surface area (Å²) in [6.07, 6.45) is 0. The van der Waals surface area contributed by atoms with Gasteiger partial charge >= 0.3 is 5.97 Å². The lowest BCUT2D eigenvalue weighted by Crippen LogP contribution is -2.03. The number of phenolic OH excluding ortho intramolecular Hbond substituents is 1. The summed E-state index contributed by atoms with van der Waals surface area (Å²) >= 11 is 4.81. The Labute approximate surface area is 107 Å². The van der Waals surface area contributed by atoms with E-state index in [9.17, 15) is 4.79 Å². The monoisotopic (exact) mass is 263 g/mol. The number of nitrogens with zero attached hydrogens (tertiary/aromatic N) is 1. The zero-order valence-electron chi connectivity index (χ0n) is 9.04. The van der Waals surface area contributed by atoms with Crippen molar-refractivity contribution in [2.75, 3.05) is 5.32 Å². The topological polar surface area (TPSA) is 98.2 Å². The second-order valence-electron chi connectivity index (χ2n) is 3.47. The molecule has 0 saturated carbocycles. The smallest absolute Gasteiger partial charge is 0.338 e. The molecule has 0 spiro atoms. The molecule has 0 unspecified atom stereocenters. The first-order valence-corrected chi connectivity index (χ1v) is 5.36. The molecule has 92 valence electrons. The maximum Gasteiger partial charge on any atom is 0.338 e. The molecule has 0 aliphatic heterocycles. The normalized spacial score (nSPS) is 10.0. The second kappa shape index (κ2) is 4.84. The molecular weight excluding hydrogens is 254 g/mol. The number of carbonyl (C=O) groups is 1. The number of anilines is 2. The van der Waals surface area contributed by atoms with Gasteiger partial charge in [0.2, 0.25) is 0 Å². The van der Waals surface area contributed by atoms with Crippen molar-refractivity contribution < 1.29 is 15.0 Å². The third-order valence-corrected chi connectivity index (χ3v) is 2.48. The Morgan fingerprint density at radius 3 is 2.61 bits per heavy atom. The second-order valence-corrected chi connectivity index (χ2v) is 3.88. The van der Waals surface area contributed by atoms with Crippen LogP contribution in [0.1, 0.15) is 10.4 Å². The highest BCUT2D eigenvalue weighted by molar-refractivity contribution is 7.71. The van der Waals surface area contributed by atoms with Crippen LogP contribution in [0.5, 0.6) is 5.75 Å². The van der Waals surface area contributed by atoms with Crippen molar-refractivity contribution in [3.8, 4) is 5.75 Å². The summed E-state index contributed by atoms with van der Waals surface area (Å²) in [5.74, 6) is -0.647. The van der Waals surface area contributed by atoms with E-state index < -0.39 is 5.97 Å². The molecule has 2 rings (SSSR count). The molecule has 0 aliphatic carbocycles. The maximum atomic E-state index is 10.9. The molecule has 18 heavy (non-hydrogen) atoms. The first-order chi connectivity index (χ1) is 8.56. The van der Waals surface area contributed by atoms with Gasteiger partial charge < -0.3 is 15.5 Å². The van der Waals surface area contributed by atoms with Gasteiger partial charge in [0.15, 0.2) is 5.82 Å². The van der Waals surface area contributed by atoms with Gasteiger partial charge in [-0.15, -0.1) is 0 Å². The molecule has 0 fully saturated rings. The van der Waals surface area contributed by atoms with Crippen LogP contribution >= 0.6 is 12.2 Å². The van der Waals surface area contributed by atoms with E-state index >= 15 is 0 Å². The average molecular weight is 263 g/mol. The van der Waals surface area contributed by atoms with Crippen LogP contribution < -0.4 is 5.32 Å². The number of carboxylic acids is 1. The molecule has 1 aromatic carbocycles. The Morgan fingerprint density at radius 1 is 1.33 bits per heavy atom. The molecule has 1 heterocycles. The van der Waals surface area contributed by atoms with Crippen LogP contribution in [-0.4, -0.2) is 26.4 Å². The molecule has 2 aromatic rings. The molecule has 7 heteroatoms. The minimum Gasteiger partial charge on any atom is -0.508 e. The third kappa shape index (κ3) is 2.64. The fourth-order valence-electron chi connectivity index (χ4n) is 1.32. The number of phenols is 1. The van der Waals surface area contributed by atoms with Crippen molar-refractivity contribution in [3.05, 3.63) is 40.5 Å². The zero-order valence-corrected chi connectivity index (χ0v) is 9.86. The quantitative estimate of drug-likeness (QED) is 0.501. The van der Waals surface area contributed by atoms with Gasteiger partial charge in [-0.2, -0.15) is 5.10 Å². The SMILES string of the molecule is O=C(O)c1cc(Nc2ccc(O)cc2)n[nH]c1=S. The molecule has 0 radical (unpaired) electrons. The van der Waals surface area contributed by atoms with Crippen molar-refractivity contribution in [3.63, 3.8) is 0 Å². The van der Waals surface area contributed by atoms with Gasteiger partial charge in [-0.1, -0.05) is 12.2 Å². The van der Waals surface area contributed by atoms with Crippen LogP contribution in [0, 0.1) is 4.64 Å². The van der Waals surface area contributed by atoms with Gasteiger partial charge in [-0.25, -0.2) is 4.79 Å². The van der Waals surface area contributed by atoms with Gasteiger partial charge in [0.25, 0.3) is 0 Å². The van der Waals surface area contributed by atoms with E-state index in [0.717, 1.165) is 0 Å². The van der Waals surface area contributed by atoms with Crippen LogP contribution in [0.25, 0.3) is 0 Å². The van der Waals surface area contributed by atoms with Crippen LogP contribution in [-0.2, 0) is 0 Å². The number of aromatic carboxylic acids is 1. The predicted molar refractivity (Wildman–Crippen MR) is 67.8 cm³/mol. The summed E-state index contributed by atoms with van der Waals surface area (Å²) in [6, 6.07) is 7.63. The Morgan fingerprint density at radius 2 is 2.00 bits per heavy atom. The molecule has 0 saturated heterocycles. The lowest BCUT2D eigenvalue weighted by Gasteiger charge is -2.06. The van der Waals surface area contributed by atoms with E-state index in [1.807, 2.05) is 0 Å². The van der Waals surface area contributed by atoms with Crippen LogP contribution in [0.4, 0.5) is 11.5 Å². The Hall–Kier alpha value is -2.41. The van der Waals surface area contributed by atoms with Gasteiger partial charge in [-0.05, 0) is 24.3 Å². The van der Waals surface area contributed by atoms with E-state index in [0.29, 0.717) is 11.5 Å². The minimum atomic E-state index is -1.12. The predicted octanol–water partition coefficient (Wildman–Crippen LogP) is 2.29. The first-order valence-electron chi connectivity index (χ1n) is 4.95. The summed E-state index contributed by atoms with van der Waals surface area (Å²) in [5, 5.41) is 27.3. The van der Waals surface area contributed by atoms with Crippen molar-refractivity contribution in [1.29, 1.82) is 0 Å². The van der Waals surface area contributed by atoms with E-state index in [1.54, 1.807) is 12.1 Å². The molecule has 4 N–H and O–H groups in total. The number of benzene rings is 1. The van der Waals surface area contributed by atoms with Crippen molar-refractivity contribution in [1.82, 2.24) is 10.2 Å². The number of hydrogen-bond donors (Lipinski definition) is 4. The number of aromatic hydroxyl groups is 1. The summed E-state index contributed by atoms with van der Waals surface area (Å²) in [6.45, 7) is 0. The van der Waals surface area contributed by atoms with E-state index in [-0.39, 0.29) is 16.0 Å². The molecular formula is C11H9N3O3S. The van der Waals surface area contributed by atoms with E-state index in [2.05, 4.69) is 15.5 Å². The standard InChI is InChI=1S/C11H9N3O3S/c15-7-3-1-6(2-4-7)12-9-5-8(11(16)17)10(18)14-13-9/h1-5,15H,(H,12,13)(H,14,18)(H,16,17). The average Bonchev–Trinajstić information content (AvgIpc) is 2.34. The van der Waals surface area contributed by atoms with Crippen LogP contribution in [0.2, 0.25) is 0 Å². The van der Waals surface area contributed by atoms with Crippen molar-refractivity contribution in [2.24, 2.45) is 0 Å². The Bertz CT molecular complexity index is 637. The minimum absolute atomic E-state index is 0.0266. The first kappa shape index (κ1) is 12.1. The molecule has 0 amide bonds. The van der Waals surface area contributed by atoms with E-state index in [1.165, 1.54) is 18.2 Å². The number of aromatic nitrogens is 2. The lowest BCUT2D eigenvalue weighted by molar-refractivity contribution is 0.0695. The van der Waals surface area contributed by atoms with Gasteiger partial charge in [0.1, 0.15) is 10.4 Å². The molecule has 6 nitrogen and oxygen atoms in total. The highest BCUT2D eigenvalue weighted by Gasteiger charge is 2.08. The fraction of sp³-hybridized carbons (Fsp3) is 0. The van der Waals surface area contributed by atoms with Gasteiger partial charge in [0.05, 0.1) is 5.56 Å². The number of carboxylic acid groups (broad SMARTS) is 1. The van der Waals surface area contributed by atoms with Crippen LogP contribution in [0.3, 0.4) is 0 Å². The van der Waals surface area contributed by atoms with E-state index in [4.69, 9.17) is 22.4 Å². The molecule has 1 aromatic heterocycles. The van der Waals surface area contributed by atoms with Gasteiger partial charge in [-0.3, -0.25) is 5.10 Å². The van der Waals surface area contributed by atoms with Crippen molar-refractivity contribution in [2.45, 2.75) is 0 Å². The number of H-pyrrole nitrogens is 1. The van der Waals surface area contributed by atoms with Gasteiger partial charge in [0, 0.05) is 11.8 Å². The summed E-state index contributed by atoms with van der Waals surface area (Å²) < 4.78 is 0.0683. The highest BCUT2D eigenvalue weighted by atomic mass is 32.1. The Kier molecular flexibility index (Phi) is 3.24. The Balaban J connectivity index is 2.30. The number of nitrogens with one attached hydrogen (secondary N) is 2. The van der Waals surface area contributed by atoms with Crippen LogP contribution in [0.15, 0.2) is 30.3 Å². The summed E-state index contributed by atoms with van der Waals surface area (Å²) in [5.41, 5.74) is 0.642. The molecule has 0 atom stereocenters. The summed E-state index contributed by atoms with van der Waals surface area (Å²) in [4.78, 5) is 10.9. The lowest BCUT2D eigenvalue weighted by atomic mass is 10.3. The molecule has 0 aliphatic rings. The highest BCUT2D eigenvalue weighted by Crippen LogP contribution is 2.18. The number of aromatic amines is 1. The number of hydrogen-bond acceptors (Lipinski definition) is 5.